The van der Waals surface area contributed by atoms with Crippen LogP contribution in [0.3, 0.4) is 0 Å². The highest BCUT2D eigenvalue weighted by Gasteiger charge is 2.06. The first-order chi connectivity index (χ1) is 10.3. The Hall–Kier alpha value is -1.62. The molecule has 21 heavy (non-hydrogen) atoms. The Balaban J connectivity index is 1.62. The van der Waals surface area contributed by atoms with E-state index in [0.717, 1.165) is 13.0 Å². The van der Waals surface area contributed by atoms with E-state index in [9.17, 15) is 5.11 Å². The molecule has 0 amide bonds. The summed E-state index contributed by atoms with van der Waals surface area (Å²) >= 11 is 5.97. The molecule has 2 N–H and O–H groups in total. The van der Waals surface area contributed by atoms with Gasteiger partial charge in [-0.2, -0.15) is 0 Å². The molecule has 0 aliphatic rings. The van der Waals surface area contributed by atoms with E-state index in [1.54, 1.807) is 24.5 Å². The van der Waals surface area contributed by atoms with E-state index < -0.39 is 6.10 Å². The number of nitrogens with zero attached hydrogens (tertiary/aromatic N) is 1. The Bertz CT molecular complexity index is 537. The molecule has 1 unspecified atom stereocenters. The normalized spacial score (nSPS) is 12.1. The summed E-state index contributed by atoms with van der Waals surface area (Å²) in [6, 6.07) is 11.2. The van der Waals surface area contributed by atoms with Crippen LogP contribution >= 0.6 is 11.6 Å². The van der Waals surface area contributed by atoms with Crippen molar-refractivity contribution in [2.24, 2.45) is 0 Å². The third-order valence-electron chi connectivity index (χ3n) is 2.99. The molecule has 4 nitrogen and oxygen atoms in total. The zero-order valence-corrected chi connectivity index (χ0v) is 12.5. The minimum Gasteiger partial charge on any atom is -0.489 e. The van der Waals surface area contributed by atoms with E-state index in [1.165, 1.54) is 5.56 Å². The maximum Gasteiger partial charge on any atom is 0.138 e. The maximum absolute atomic E-state index is 9.86. The second-order valence-corrected chi connectivity index (χ2v) is 5.11. The van der Waals surface area contributed by atoms with Gasteiger partial charge in [-0.1, -0.05) is 23.7 Å². The van der Waals surface area contributed by atoms with E-state index in [2.05, 4.69) is 10.3 Å². The van der Waals surface area contributed by atoms with Crippen LogP contribution in [0.5, 0.6) is 5.75 Å². The molecule has 0 bridgehead atoms. The third kappa shape index (κ3) is 5.71. The fraction of sp³-hybridized carbons (Fsp3) is 0.312. The molecule has 2 rings (SSSR count). The topological polar surface area (TPSA) is 54.4 Å². The van der Waals surface area contributed by atoms with Crippen LogP contribution in [0.4, 0.5) is 0 Å². The van der Waals surface area contributed by atoms with Gasteiger partial charge in [-0.3, -0.25) is 4.98 Å². The van der Waals surface area contributed by atoms with Gasteiger partial charge in [-0.15, -0.1) is 0 Å². The number of hydrogen-bond donors (Lipinski definition) is 2. The van der Waals surface area contributed by atoms with Crippen molar-refractivity contribution < 1.29 is 9.84 Å². The molecule has 2 aromatic rings. The molecule has 0 saturated heterocycles. The van der Waals surface area contributed by atoms with Gasteiger partial charge in [-0.25, -0.2) is 0 Å². The van der Waals surface area contributed by atoms with Gasteiger partial charge in [0.05, 0.1) is 5.02 Å². The number of nitrogens with one attached hydrogen (secondary N) is 1. The van der Waals surface area contributed by atoms with Crippen molar-refractivity contribution in [1.82, 2.24) is 10.3 Å². The lowest BCUT2D eigenvalue weighted by molar-refractivity contribution is 0.107. The van der Waals surface area contributed by atoms with Gasteiger partial charge < -0.3 is 15.2 Å². The molecule has 1 heterocycles. The average molecular weight is 307 g/mol. The number of rotatable bonds is 8. The second-order valence-electron chi connectivity index (χ2n) is 4.70. The average Bonchev–Trinajstić information content (AvgIpc) is 2.52. The van der Waals surface area contributed by atoms with Crippen LogP contribution in [0.25, 0.3) is 0 Å². The standard InChI is InChI=1S/C16H19ClN2O2/c17-15-3-1-2-4-16(15)21-12-14(20)11-19-10-7-13-5-8-18-9-6-13/h1-6,8-9,14,19-20H,7,10-12H2. The van der Waals surface area contributed by atoms with E-state index >= 15 is 0 Å². The van der Waals surface area contributed by atoms with Crippen LogP contribution in [0, 0.1) is 0 Å². The summed E-state index contributed by atoms with van der Waals surface area (Å²) in [7, 11) is 0. The Morgan fingerprint density at radius 2 is 1.95 bits per heavy atom. The summed E-state index contributed by atoms with van der Waals surface area (Å²) in [4.78, 5) is 3.97. The predicted molar refractivity (Wildman–Crippen MR) is 83.8 cm³/mol. The van der Waals surface area contributed by atoms with Gasteiger partial charge >= 0.3 is 0 Å². The first-order valence-electron chi connectivity index (χ1n) is 6.90. The van der Waals surface area contributed by atoms with Gasteiger partial charge in [-0.05, 0) is 42.8 Å². The van der Waals surface area contributed by atoms with Crippen molar-refractivity contribution in [2.75, 3.05) is 19.7 Å². The van der Waals surface area contributed by atoms with Crippen molar-refractivity contribution in [3.05, 3.63) is 59.4 Å². The van der Waals surface area contributed by atoms with E-state index in [-0.39, 0.29) is 6.61 Å². The number of aliphatic hydroxyl groups excluding tert-OH is 1. The zero-order chi connectivity index (χ0) is 14.9. The highest BCUT2D eigenvalue weighted by molar-refractivity contribution is 6.32. The van der Waals surface area contributed by atoms with Crippen molar-refractivity contribution >= 4 is 11.6 Å². The fourth-order valence-electron chi connectivity index (χ4n) is 1.86. The molecule has 0 aliphatic carbocycles. The van der Waals surface area contributed by atoms with Crippen LogP contribution < -0.4 is 10.1 Å². The summed E-state index contributed by atoms with van der Waals surface area (Å²) < 4.78 is 5.48. The van der Waals surface area contributed by atoms with Crippen molar-refractivity contribution in [2.45, 2.75) is 12.5 Å². The van der Waals surface area contributed by atoms with Gasteiger partial charge in [0.2, 0.25) is 0 Å². The molecule has 5 heteroatoms. The molecule has 1 aromatic heterocycles. The summed E-state index contributed by atoms with van der Waals surface area (Å²) in [5.41, 5.74) is 1.22. The van der Waals surface area contributed by atoms with Crippen LogP contribution in [0.2, 0.25) is 5.02 Å². The minimum absolute atomic E-state index is 0.214. The SMILES string of the molecule is OC(CNCCc1ccncc1)COc1ccccc1Cl. The Labute approximate surface area is 129 Å². The zero-order valence-electron chi connectivity index (χ0n) is 11.7. The summed E-state index contributed by atoms with van der Waals surface area (Å²) in [5, 5.41) is 13.6. The molecule has 112 valence electrons. The van der Waals surface area contributed by atoms with Crippen LogP contribution in [0.15, 0.2) is 48.8 Å². The van der Waals surface area contributed by atoms with Crippen LogP contribution in [-0.2, 0) is 6.42 Å². The van der Waals surface area contributed by atoms with Crippen molar-refractivity contribution in [1.29, 1.82) is 0 Å². The third-order valence-corrected chi connectivity index (χ3v) is 3.30. The number of ether oxygens (including phenoxy) is 1. The molecular weight excluding hydrogens is 288 g/mol. The van der Waals surface area contributed by atoms with Crippen LogP contribution in [-0.4, -0.2) is 35.9 Å². The highest BCUT2D eigenvalue weighted by atomic mass is 35.5. The number of para-hydroxylation sites is 1. The number of aliphatic hydroxyl groups is 1. The van der Waals surface area contributed by atoms with E-state index in [4.69, 9.17) is 16.3 Å². The van der Waals surface area contributed by atoms with Gasteiger partial charge in [0.15, 0.2) is 0 Å². The van der Waals surface area contributed by atoms with Gasteiger partial charge in [0, 0.05) is 18.9 Å². The smallest absolute Gasteiger partial charge is 0.138 e. The molecule has 1 atom stereocenters. The lowest BCUT2D eigenvalue weighted by atomic mass is 10.2. The quantitative estimate of drug-likeness (QED) is 0.735. The number of pyridine rings is 1. The Kier molecular flexibility index (Phi) is 6.47. The predicted octanol–water partition coefficient (Wildman–Crippen LogP) is 2.31. The second kappa shape index (κ2) is 8.62. The molecule has 1 aromatic carbocycles. The molecule has 0 spiro atoms. The molecule has 0 saturated carbocycles. The van der Waals surface area contributed by atoms with E-state index in [0.29, 0.717) is 17.3 Å². The Morgan fingerprint density at radius 3 is 2.71 bits per heavy atom. The number of hydrogen-bond acceptors (Lipinski definition) is 4. The maximum atomic E-state index is 9.86. The first-order valence-corrected chi connectivity index (χ1v) is 7.28. The van der Waals surface area contributed by atoms with Gasteiger partial charge in [0.1, 0.15) is 18.5 Å². The van der Waals surface area contributed by atoms with Gasteiger partial charge in [0.25, 0.3) is 0 Å². The van der Waals surface area contributed by atoms with Crippen LogP contribution in [0.1, 0.15) is 5.56 Å². The monoisotopic (exact) mass is 306 g/mol. The van der Waals surface area contributed by atoms with E-state index in [1.807, 2.05) is 24.3 Å². The Morgan fingerprint density at radius 1 is 1.19 bits per heavy atom. The summed E-state index contributed by atoms with van der Waals surface area (Å²) in [5.74, 6) is 0.593. The highest BCUT2D eigenvalue weighted by Crippen LogP contribution is 2.22. The summed E-state index contributed by atoms with van der Waals surface area (Å²) in [6.07, 6.45) is 3.89. The van der Waals surface area contributed by atoms with Crippen molar-refractivity contribution in [3.8, 4) is 5.75 Å². The lowest BCUT2D eigenvalue weighted by Crippen LogP contribution is -2.32. The number of aromatic nitrogens is 1. The minimum atomic E-state index is -0.571. The number of halogens is 1. The molecular formula is C16H19ClN2O2. The number of benzene rings is 1. The first kappa shape index (κ1) is 15.8. The lowest BCUT2D eigenvalue weighted by Gasteiger charge is -2.14. The summed E-state index contributed by atoms with van der Waals surface area (Å²) in [6.45, 7) is 1.49. The van der Waals surface area contributed by atoms with Crippen molar-refractivity contribution in [3.63, 3.8) is 0 Å². The largest absolute Gasteiger partial charge is 0.489 e. The molecule has 0 fully saturated rings. The molecule has 0 radical (unpaired) electrons. The molecule has 0 aliphatic heterocycles. The fourth-order valence-corrected chi connectivity index (χ4v) is 2.05.